The molecule has 0 radical (unpaired) electrons. The molecule has 1 unspecified atom stereocenters. The zero-order valence-electron chi connectivity index (χ0n) is 9.08. The Morgan fingerprint density at radius 1 is 1.64 bits per heavy atom. The number of esters is 1. The van der Waals surface area contributed by atoms with Crippen molar-refractivity contribution in [3.8, 4) is 0 Å². The van der Waals surface area contributed by atoms with E-state index in [1.54, 1.807) is 0 Å². The van der Waals surface area contributed by atoms with Gasteiger partial charge in [0.15, 0.2) is 0 Å². The summed E-state index contributed by atoms with van der Waals surface area (Å²) in [5.41, 5.74) is 5.71. The van der Waals surface area contributed by atoms with Gasteiger partial charge in [0, 0.05) is 12.0 Å². The van der Waals surface area contributed by atoms with Gasteiger partial charge in [-0.15, -0.1) is 0 Å². The molecular formula is C10H20N2O2. The van der Waals surface area contributed by atoms with Gasteiger partial charge in [0.05, 0.1) is 13.5 Å². The van der Waals surface area contributed by atoms with Crippen molar-refractivity contribution < 1.29 is 9.53 Å². The average molecular weight is 200 g/mol. The molecule has 1 saturated heterocycles. The lowest BCUT2D eigenvalue weighted by Crippen LogP contribution is -2.47. The number of hydrogen-bond acceptors (Lipinski definition) is 4. The maximum Gasteiger partial charge on any atom is 0.306 e. The summed E-state index contributed by atoms with van der Waals surface area (Å²) in [4.78, 5) is 13.5. The van der Waals surface area contributed by atoms with Gasteiger partial charge in [0.2, 0.25) is 0 Å². The Bertz CT molecular complexity index is 208. The second-order valence-corrected chi connectivity index (χ2v) is 4.30. The largest absolute Gasteiger partial charge is 0.469 e. The summed E-state index contributed by atoms with van der Waals surface area (Å²) in [6.45, 7) is 2.56. The Kier molecular flexibility index (Phi) is 3.89. The number of carbonyl (C=O) groups is 1. The van der Waals surface area contributed by atoms with E-state index in [0.29, 0.717) is 13.0 Å². The van der Waals surface area contributed by atoms with Gasteiger partial charge in [-0.2, -0.15) is 0 Å². The Morgan fingerprint density at radius 2 is 2.36 bits per heavy atom. The van der Waals surface area contributed by atoms with Crippen molar-refractivity contribution in [3.63, 3.8) is 0 Å². The van der Waals surface area contributed by atoms with Gasteiger partial charge in [0.25, 0.3) is 0 Å². The minimum Gasteiger partial charge on any atom is -0.469 e. The fourth-order valence-electron chi connectivity index (χ4n) is 2.22. The number of rotatable bonds is 3. The highest BCUT2D eigenvalue weighted by Gasteiger charge is 2.35. The Morgan fingerprint density at radius 3 is 2.86 bits per heavy atom. The molecule has 4 nitrogen and oxygen atoms in total. The molecule has 1 heterocycles. The monoisotopic (exact) mass is 200 g/mol. The van der Waals surface area contributed by atoms with E-state index in [1.165, 1.54) is 7.11 Å². The van der Waals surface area contributed by atoms with Crippen LogP contribution in [-0.2, 0) is 9.53 Å². The Hall–Kier alpha value is -0.610. The summed E-state index contributed by atoms with van der Waals surface area (Å²) in [6, 6.07) is 0. The van der Waals surface area contributed by atoms with Gasteiger partial charge in [-0.1, -0.05) is 0 Å². The van der Waals surface area contributed by atoms with Crippen LogP contribution in [0.4, 0.5) is 0 Å². The highest BCUT2D eigenvalue weighted by atomic mass is 16.5. The Labute approximate surface area is 85.4 Å². The molecular weight excluding hydrogens is 180 g/mol. The summed E-state index contributed by atoms with van der Waals surface area (Å²) < 4.78 is 4.70. The van der Waals surface area contributed by atoms with Crippen molar-refractivity contribution in [2.24, 2.45) is 11.1 Å². The second kappa shape index (κ2) is 4.75. The number of nitrogens with zero attached hydrogens (tertiary/aromatic N) is 1. The predicted molar refractivity (Wildman–Crippen MR) is 54.9 cm³/mol. The third-order valence-electron chi connectivity index (χ3n) is 3.03. The van der Waals surface area contributed by atoms with Crippen molar-refractivity contribution >= 4 is 5.97 Å². The van der Waals surface area contributed by atoms with Gasteiger partial charge < -0.3 is 15.4 Å². The molecule has 1 atom stereocenters. The SMILES string of the molecule is COC(=O)CC1(CN)CCCN(C)C1. The molecule has 0 aromatic carbocycles. The molecule has 0 spiro atoms. The van der Waals surface area contributed by atoms with Crippen molar-refractivity contribution in [1.29, 1.82) is 0 Å². The fraction of sp³-hybridized carbons (Fsp3) is 0.900. The first-order chi connectivity index (χ1) is 6.62. The van der Waals surface area contributed by atoms with Gasteiger partial charge >= 0.3 is 5.97 Å². The van der Waals surface area contributed by atoms with Gasteiger partial charge in [-0.05, 0) is 33.0 Å². The maximum atomic E-state index is 11.3. The number of nitrogens with two attached hydrogens (primary N) is 1. The average Bonchev–Trinajstić information content (AvgIpc) is 2.17. The molecule has 4 heteroatoms. The number of carbonyl (C=O) groups excluding carboxylic acids is 1. The number of hydrogen-bond donors (Lipinski definition) is 1. The van der Waals surface area contributed by atoms with E-state index in [1.807, 2.05) is 0 Å². The predicted octanol–water partition coefficient (Wildman–Crippen LogP) is 0.220. The highest BCUT2D eigenvalue weighted by molar-refractivity contribution is 5.70. The zero-order chi connectivity index (χ0) is 10.6. The minimum absolute atomic E-state index is 0.0555. The van der Waals surface area contributed by atoms with E-state index in [9.17, 15) is 4.79 Å². The Balaban J connectivity index is 2.60. The molecule has 1 fully saturated rings. The van der Waals surface area contributed by atoms with Crippen molar-refractivity contribution in [2.45, 2.75) is 19.3 Å². The van der Waals surface area contributed by atoms with Crippen LogP contribution in [0.15, 0.2) is 0 Å². The van der Waals surface area contributed by atoms with E-state index in [0.717, 1.165) is 25.9 Å². The molecule has 0 aromatic heterocycles. The maximum absolute atomic E-state index is 11.3. The molecule has 0 amide bonds. The molecule has 0 aliphatic carbocycles. The van der Waals surface area contributed by atoms with Gasteiger partial charge in [-0.25, -0.2) is 0 Å². The van der Waals surface area contributed by atoms with E-state index in [-0.39, 0.29) is 11.4 Å². The lowest BCUT2D eigenvalue weighted by atomic mass is 9.77. The lowest BCUT2D eigenvalue weighted by Gasteiger charge is -2.40. The summed E-state index contributed by atoms with van der Waals surface area (Å²) in [6.07, 6.45) is 2.60. The van der Waals surface area contributed by atoms with Crippen LogP contribution >= 0.6 is 0 Å². The molecule has 0 saturated carbocycles. The topological polar surface area (TPSA) is 55.6 Å². The quantitative estimate of drug-likeness (QED) is 0.662. The molecule has 1 aliphatic rings. The minimum atomic E-state index is -0.147. The standard InChI is InChI=1S/C10H20N2O2/c1-12-5-3-4-10(7-11,8-12)6-9(13)14-2/h3-8,11H2,1-2H3. The number of ether oxygens (including phenoxy) is 1. The molecule has 1 rings (SSSR count). The van der Waals surface area contributed by atoms with Crippen LogP contribution in [0.1, 0.15) is 19.3 Å². The van der Waals surface area contributed by atoms with E-state index < -0.39 is 0 Å². The molecule has 0 aromatic rings. The van der Waals surface area contributed by atoms with E-state index in [2.05, 4.69) is 11.9 Å². The summed E-state index contributed by atoms with van der Waals surface area (Å²) in [5, 5.41) is 0. The van der Waals surface area contributed by atoms with Crippen LogP contribution < -0.4 is 5.73 Å². The molecule has 1 aliphatic heterocycles. The van der Waals surface area contributed by atoms with Gasteiger partial charge in [0.1, 0.15) is 0 Å². The molecule has 82 valence electrons. The zero-order valence-corrected chi connectivity index (χ0v) is 9.08. The number of methoxy groups -OCH3 is 1. The highest BCUT2D eigenvalue weighted by Crippen LogP contribution is 2.32. The summed E-state index contributed by atoms with van der Waals surface area (Å²) in [5.74, 6) is -0.147. The first-order valence-corrected chi connectivity index (χ1v) is 5.07. The molecule has 14 heavy (non-hydrogen) atoms. The van der Waals surface area contributed by atoms with Crippen molar-refractivity contribution in [2.75, 3.05) is 33.8 Å². The molecule has 0 bridgehead atoms. The first-order valence-electron chi connectivity index (χ1n) is 5.07. The van der Waals surface area contributed by atoms with Gasteiger partial charge in [-0.3, -0.25) is 4.79 Å². The molecule has 2 N–H and O–H groups in total. The second-order valence-electron chi connectivity index (χ2n) is 4.30. The van der Waals surface area contributed by atoms with E-state index >= 15 is 0 Å². The number of likely N-dealkylation sites (tertiary alicyclic amines) is 1. The van der Waals surface area contributed by atoms with Crippen LogP contribution in [0.2, 0.25) is 0 Å². The van der Waals surface area contributed by atoms with Crippen molar-refractivity contribution in [1.82, 2.24) is 4.90 Å². The van der Waals surface area contributed by atoms with Crippen LogP contribution in [0, 0.1) is 5.41 Å². The van der Waals surface area contributed by atoms with Crippen LogP contribution in [0.3, 0.4) is 0 Å². The summed E-state index contributed by atoms with van der Waals surface area (Å²) in [7, 11) is 3.50. The van der Waals surface area contributed by atoms with Crippen LogP contribution in [0.25, 0.3) is 0 Å². The van der Waals surface area contributed by atoms with Crippen LogP contribution in [-0.4, -0.2) is 44.7 Å². The van der Waals surface area contributed by atoms with E-state index in [4.69, 9.17) is 10.5 Å². The normalized spacial score (nSPS) is 28.8. The summed E-state index contributed by atoms with van der Waals surface area (Å²) >= 11 is 0. The smallest absolute Gasteiger partial charge is 0.306 e. The third kappa shape index (κ3) is 2.69. The van der Waals surface area contributed by atoms with Crippen LogP contribution in [0.5, 0.6) is 0 Å². The van der Waals surface area contributed by atoms with Crippen molar-refractivity contribution in [3.05, 3.63) is 0 Å². The first kappa shape index (κ1) is 11.5. The third-order valence-corrected chi connectivity index (χ3v) is 3.03. The number of piperidine rings is 1. The lowest BCUT2D eigenvalue weighted by molar-refractivity contribution is -0.144. The fourth-order valence-corrected chi connectivity index (χ4v) is 2.22.